The first-order chi connectivity index (χ1) is 2.50. The third kappa shape index (κ3) is 0.352. The van der Waals surface area contributed by atoms with E-state index < -0.39 is 0 Å². The number of H-pyrrole nitrogens is 1. The normalized spacial score (nSPS) is 8.00. The fourth-order valence-corrected chi connectivity index (χ4v) is 0.387. The zero-order valence-corrected chi connectivity index (χ0v) is 3.57. The summed E-state index contributed by atoms with van der Waals surface area (Å²) >= 11 is 0. The molecule has 5 heteroatoms. The van der Waals surface area contributed by atoms with Crippen molar-refractivity contribution >= 4 is 9.46 Å². The molecule has 0 aliphatic carbocycles. The van der Waals surface area contributed by atoms with E-state index in [1.54, 1.807) is 0 Å². The Morgan fingerprint density at radius 1 is 1.60 bits per heavy atom. The quantitative estimate of drug-likeness (QED) is 0.382. The molecule has 1 heterocycles. The summed E-state index contributed by atoms with van der Waals surface area (Å²) in [5, 5.41) is 6.59. The molecule has 4 nitrogen and oxygen atoms in total. The summed E-state index contributed by atoms with van der Waals surface area (Å²) in [4.78, 5) is 0. The highest BCUT2D eigenvalue weighted by Gasteiger charge is 1.60. The van der Waals surface area contributed by atoms with Crippen molar-refractivity contribution in [1.29, 1.82) is 0 Å². The number of aromatic nitrogens is 4. The number of hydrogen-bond acceptors (Lipinski definition) is 3. The van der Waals surface area contributed by atoms with Gasteiger partial charge in [-0.2, -0.15) is 4.75 Å². The van der Waals surface area contributed by atoms with Gasteiger partial charge in [0.1, 0.15) is 0 Å². The van der Waals surface area contributed by atoms with Crippen molar-refractivity contribution < 1.29 is 0 Å². The van der Waals surface area contributed by atoms with Crippen molar-refractivity contribution in [2.75, 3.05) is 0 Å². The zero-order valence-electron chi connectivity index (χ0n) is 2.42. The second-order valence-electron chi connectivity index (χ2n) is 0.563. The molecule has 0 aliphatic rings. The molecule has 1 aromatic heterocycles. The topological polar surface area (TPSA) is 54.5 Å². The highest BCUT2D eigenvalue weighted by Crippen LogP contribution is 1.30. The van der Waals surface area contributed by atoms with Gasteiger partial charge in [0.2, 0.25) is 0 Å². The van der Waals surface area contributed by atoms with Crippen LogP contribution in [0.25, 0.3) is 0 Å². The van der Waals surface area contributed by atoms with Crippen LogP contribution in [0.2, 0.25) is 0 Å². The number of nitrogens with one attached hydrogen (secondary N) is 1. The van der Waals surface area contributed by atoms with E-state index in [-0.39, 0.29) is 9.46 Å². The number of hydrogen-bond donors (Lipinski definition) is 1. The molecule has 26 valence electrons. The molecule has 0 atom stereocenters. The van der Waals surface area contributed by atoms with E-state index in [1.165, 1.54) is 0 Å². The molecule has 0 spiro atoms. The van der Waals surface area contributed by atoms with E-state index >= 15 is 0 Å². The Balaban J connectivity index is 3.13. The predicted molar refractivity (Wildman–Crippen MR) is 16.9 cm³/mol. The first-order valence-electron chi connectivity index (χ1n) is 1.17. The number of nitrogens with zero attached hydrogens (tertiary/aromatic N) is 3. The molecule has 1 aromatic rings. The molecule has 1 rings (SSSR count). The van der Waals surface area contributed by atoms with Crippen molar-refractivity contribution in [3.05, 3.63) is 0 Å². The average Bonchev–Trinajstić information content (AvgIpc) is 1.76. The Kier molecular flexibility index (Phi) is 0.541. The smallest absolute Gasteiger partial charge is 0.278 e. The van der Waals surface area contributed by atoms with Gasteiger partial charge in [-0.15, -0.1) is 0 Å². The van der Waals surface area contributed by atoms with Crippen LogP contribution in [0.4, 0.5) is 0 Å². The summed E-state index contributed by atoms with van der Waals surface area (Å²) in [6, 6.07) is 0. The average molecular weight is 86.1 g/mol. The third-order valence-electron chi connectivity index (χ3n) is 0.270. The molecular weight excluding hydrogens is 84.1 g/mol. The van der Waals surface area contributed by atoms with Crippen LogP contribution < -0.4 is 0 Å². The van der Waals surface area contributed by atoms with Crippen LogP contribution in [-0.4, -0.2) is 29.4 Å². The van der Waals surface area contributed by atoms with E-state index in [0.29, 0.717) is 0 Å². The van der Waals surface area contributed by atoms with Gasteiger partial charge < -0.3 is 0 Å². The lowest BCUT2D eigenvalue weighted by Gasteiger charge is -1.43. The molecule has 1 N–H and O–H groups in total. The summed E-state index contributed by atoms with van der Waals surface area (Å²) < 4.78 is 6.11. The molecule has 0 unspecified atom stereocenters. The molecule has 5 heavy (non-hydrogen) atoms. The minimum absolute atomic E-state index is 0.0324. The fraction of sp³-hybridized carbons (Fsp3) is 0. The van der Waals surface area contributed by atoms with Crippen molar-refractivity contribution in [3.8, 4) is 0 Å². The number of aromatic amines is 1. The van der Waals surface area contributed by atoms with Crippen LogP contribution in [0, 0.1) is 0 Å². The summed E-state index contributed by atoms with van der Waals surface area (Å²) in [6.07, 6.45) is 0. The van der Waals surface area contributed by atoms with Crippen molar-refractivity contribution in [3.63, 3.8) is 0 Å². The highest BCUT2D eigenvalue weighted by atomic mass is 28.2. The van der Waals surface area contributed by atoms with E-state index in [9.17, 15) is 0 Å². The van der Waals surface area contributed by atoms with Gasteiger partial charge in [0, 0.05) is 0 Å². The summed E-state index contributed by atoms with van der Waals surface area (Å²) in [5.74, 6) is 0. The van der Waals surface area contributed by atoms with Crippen LogP contribution in [0.15, 0.2) is 0 Å². The van der Waals surface area contributed by atoms with Crippen molar-refractivity contribution in [2.24, 2.45) is 0 Å². The summed E-state index contributed by atoms with van der Waals surface area (Å²) in [7, 11) is -0.0324. The minimum Gasteiger partial charge on any atom is -0.279 e. The molecule has 0 fully saturated rings. The third-order valence-corrected chi connectivity index (χ3v) is 0.719. The maximum absolute atomic E-state index is 3.51. The lowest BCUT2D eigenvalue weighted by atomic mass is 12.7. The second kappa shape index (κ2) is 1.02. The maximum Gasteiger partial charge on any atom is 0.278 e. The standard InChI is InChI=1S/H2N4Si/c1-2-4-5-3-1/h5H,(H,1,4). The Morgan fingerprint density at radius 3 is 2.80 bits per heavy atom. The van der Waals surface area contributed by atoms with Gasteiger partial charge in [-0.05, 0) is 5.21 Å². The fourth-order valence-electron chi connectivity index (χ4n) is 0.129. The molecule has 0 saturated heterocycles. The van der Waals surface area contributed by atoms with Gasteiger partial charge in [-0.3, -0.25) is 4.75 Å². The number of rotatable bonds is 0. The molecule has 0 aromatic carbocycles. The van der Waals surface area contributed by atoms with Crippen LogP contribution in [0.5, 0.6) is 0 Å². The largest absolute Gasteiger partial charge is 0.279 e. The molecule has 0 bridgehead atoms. The van der Waals surface area contributed by atoms with Gasteiger partial charge in [0.25, 0.3) is 9.46 Å². The Morgan fingerprint density at radius 2 is 2.60 bits per heavy atom. The lowest BCUT2D eigenvalue weighted by molar-refractivity contribution is 0.881. The SMILES string of the molecule is n1n[nH][siH]n1. The van der Waals surface area contributed by atoms with Gasteiger partial charge in [-0.25, -0.2) is 0 Å². The first-order valence-corrected chi connectivity index (χ1v) is 2.26. The minimum atomic E-state index is -0.0324. The summed E-state index contributed by atoms with van der Waals surface area (Å²) in [6.45, 7) is 0. The Hall–Kier alpha value is -0.583. The predicted octanol–water partition coefficient (Wildman–Crippen LogP) is -1.73. The molecule has 0 aliphatic heterocycles. The van der Waals surface area contributed by atoms with E-state index in [0.717, 1.165) is 0 Å². The van der Waals surface area contributed by atoms with Crippen LogP contribution >= 0.6 is 0 Å². The molecule has 0 saturated carbocycles. The lowest BCUT2D eigenvalue weighted by Crippen LogP contribution is -1.67. The van der Waals surface area contributed by atoms with Gasteiger partial charge in [0.15, 0.2) is 0 Å². The van der Waals surface area contributed by atoms with Crippen LogP contribution in [0.3, 0.4) is 0 Å². The molecule has 0 radical (unpaired) electrons. The Labute approximate surface area is 30.5 Å². The van der Waals surface area contributed by atoms with E-state index in [4.69, 9.17) is 0 Å². The highest BCUT2D eigenvalue weighted by molar-refractivity contribution is 6.11. The second-order valence-corrected chi connectivity index (χ2v) is 1.31. The monoisotopic (exact) mass is 86.0 g/mol. The van der Waals surface area contributed by atoms with Gasteiger partial charge in [-0.1, -0.05) is 5.21 Å². The summed E-state index contributed by atoms with van der Waals surface area (Å²) in [5.41, 5.74) is 0. The van der Waals surface area contributed by atoms with Gasteiger partial charge in [0.05, 0.1) is 0 Å². The van der Waals surface area contributed by atoms with Crippen molar-refractivity contribution in [2.45, 2.75) is 0 Å². The van der Waals surface area contributed by atoms with Crippen molar-refractivity contribution in [1.82, 2.24) is 19.9 Å². The zero-order chi connectivity index (χ0) is 3.54. The maximum atomic E-state index is 3.51. The Bertz CT molecular complexity index is 60.1. The van der Waals surface area contributed by atoms with E-state index in [1.807, 2.05) is 0 Å². The van der Waals surface area contributed by atoms with Gasteiger partial charge >= 0.3 is 0 Å². The van der Waals surface area contributed by atoms with Crippen LogP contribution in [-0.2, 0) is 0 Å². The van der Waals surface area contributed by atoms with E-state index in [2.05, 4.69) is 19.9 Å². The van der Waals surface area contributed by atoms with Crippen LogP contribution in [0.1, 0.15) is 0 Å². The molecular formula is H2N4Si. The first kappa shape index (κ1) is 2.64. The molecule has 0 amide bonds.